The molecule has 0 aliphatic carbocycles. The Balaban J connectivity index is 1.98. The molecule has 0 bridgehead atoms. The summed E-state index contributed by atoms with van der Waals surface area (Å²) in [5.74, 6) is 0.586. The molecule has 1 aromatic heterocycles. The van der Waals surface area contributed by atoms with Crippen molar-refractivity contribution in [3.8, 4) is 11.8 Å². The number of carbonyl (C=O) groups is 1. The summed E-state index contributed by atoms with van der Waals surface area (Å²) in [6, 6.07) is 9.06. The number of methoxy groups -OCH3 is 1. The number of aryl methyl sites for hydroxylation is 1. The Morgan fingerprint density at radius 2 is 2.04 bits per heavy atom. The molecule has 0 aliphatic rings. The second-order valence-corrected chi connectivity index (χ2v) is 5.33. The SMILES string of the molecule is COc1c(C)cnc(CNC(=O)/C=C\c2ccc(C#N)cc2)c1C. The highest BCUT2D eigenvalue weighted by Crippen LogP contribution is 2.23. The summed E-state index contributed by atoms with van der Waals surface area (Å²) in [5.41, 5.74) is 4.11. The maximum Gasteiger partial charge on any atom is 0.244 e. The van der Waals surface area contributed by atoms with Crippen LogP contribution in [0.15, 0.2) is 36.5 Å². The predicted molar refractivity (Wildman–Crippen MR) is 92.3 cm³/mol. The smallest absolute Gasteiger partial charge is 0.244 e. The Hall–Kier alpha value is -3.13. The first kappa shape index (κ1) is 17.2. The van der Waals surface area contributed by atoms with Gasteiger partial charge in [-0.3, -0.25) is 9.78 Å². The quantitative estimate of drug-likeness (QED) is 0.859. The molecule has 1 heterocycles. The second kappa shape index (κ2) is 7.93. The van der Waals surface area contributed by atoms with Gasteiger partial charge in [-0.2, -0.15) is 5.26 Å². The van der Waals surface area contributed by atoms with Gasteiger partial charge in [-0.05, 0) is 37.6 Å². The lowest BCUT2D eigenvalue weighted by molar-refractivity contribution is -0.116. The van der Waals surface area contributed by atoms with Gasteiger partial charge >= 0.3 is 0 Å². The number of aromatic nitrogens is 1. The number of ether oxygens (including phenoxy) is 1. The lowest BCUT2D eigenvalue weighted by atomic mass is 10.1. The topological polar surface area (TPSA) is 75.0 Å². The first-order valence-electron chi connectivity index (χ1n) is 7.50. The molecule has 0 radical (unpaired) electrons. The van der Waals surface area contributed by atoms with Gasteiger partial charge in [0.2, 0.25) is 5.91 Å². The highest BCUT2D eigenvalue weighted by Gasteiger charge is 2.09. The number of hydrogen-bond acceptors (Lipinski definition) is 4. The van der Waals surface area contributed by atoms with E-state index in [4.69, 9.17) is 10.00 Å². The summed E-state index contributed by atoms with van der Waals surface area (Å²) in [5, 5.41) is 11.6. The molecule has 2 rings (SSSR count). The molecule has 0 saturated carbocycles. The number of nitriles is 1. The van der Waals surface area contributed by atoms with Gasteiger partial charge in [-0.15, -0.1) is 0 Å². The maximum atomic E-state index is 11.9. The molecule has 0 atom stereocenters. The number of amides is 1. The number of hydrogen-bond donors (Lipinski definition) is 1. The van der Waals surface area contributed by atoms with E-state index in [1.54, 1.807) is 43.6 Å². The maximum absolute atomic E-state index is 11.9. The van der Waals surface area contributed by atoms with Gasteiger partial charge in [0.05, 0.1) is 31.0 Å². The highest BCUT2D eigenvalue weighted by molar-refractivity contribution is 5.91. The first-order valence-corrected chi connectivity index (χ1v) is 7.50. The van der Waals surface area contributed by atoms with E-state index in [1.165, 1.54) is 6.08 Å². The fourth-order valence-electron chi connectivity index (χ4n) is 2.32. The Labute approximate surface area is 141 Å². The molecule has 1 N–H and O–H groups in total. The van der Waals surface area contributed by atoms with Crippen molar-refractivity contribution >= 4 is 12.0 Å². The highest BCUT2D eigenvalue weighted by atomic mass is 16.5. The molecular weight excluding hydrogens is 302 g/mol. The minimum absolute atomic E-state index is 0.208. The monoisotopic (exact) mass is 321 g/mol. The third-order valence-corrected chi connectivity index (χ3v) is 3.65. The average molecular weight is 321 g/mol. The van der Waals surface area contributed by atoms with E-state index in [-0.39, 0.29) is 5.91 Å². The van der Waals surface area contributed by atoms with E-state index < -0.39 is 0 Å². The average Bonchev–Trinajstić information content (AvgIpc) is 2.60. The van der Waals surface area contributed by atoms with Gasteiger partial charge in [-0.1, -0.05) is 12.1 Å². The van der Waals surface area contributed by atoms with Crippen LogP contribution in [0.5, 0.6) is 5.75 Å². The van der Waals surface area contributed by atoms with Crippen molar-refractivity contribution in [3.63, 3.8) is 0 Å². The van der Waals surface area contributed by atoms with Crippen LogP contribution < -0.4 is 10.1 Å². The molecule has 0 spiro atoms. The van der Waals surface area contributed by atoms with Crippen molar-refractivity contribution in [1.82, 2.24) is 10.3 Å². The van der Waals surface area contributed by atoms with Gasteiger partial charge in [0.15, 0.2) is 0 Å². The van der Waals surface area contributed by atoms with Crippen LogP contribution in [-0.2, 0) is 11.3 Å². The van der Waals surface area contributed by atoms with Crippen molar-refractivity contribution in [2.45, 2.75) is 20.4 Å². The van der Waals surface area contributed by atoms with Crippen LogP contribution in [0.25, 0.3) is 6.08 Å². The van der Waals surface area contributed by atoms with E-state index in [0.29, 0.717) is 12.1 Å². The van der Waals surface area contributed by atoms with Crippen LogP contribution in [0.3, 0.4) is 0 Å². The van der Waals surface area contributed by atoms with E-state index >= 15 is 0 Å². The summed E-state index contributed by atoms with van der Waals surface area (Å²) >= 11 is 0. The minimum atomic E-state index is -0.208. The molecule has 0 fully saturated rings. The van der Waals surface area contributed by atoms with Crippen molar-refractivity contribution < 1.29 is 9.53 Å². The lowest BCUT2D eigenvalue weighted by Crippen LogP contribution is -2.21. The number of nitrogens with one attached hydrogen (secondary N) is 1. The Kier molecular flexibility index (Phi) is 5.69. The molecule has 122 valence electrons. The zero-order valence-electron chi connectivity index (χ0n) is 14.0. The van der Waals surface area contributed by atoms with Crippen LogP contribution >= 0.6 is 0 Å². The number of rotatable bonds is 5. The van der Waals surface area contributed by atoms with Crippen LogP contribution in [0.2, 0.25) is 0 Å². The molecule has 0 aliphatic heterocycles. The summed E-state index contributed by atoms with van der Waals surface area (Å²) in [4.78, 5) is 16.3. The molecule has 1 amide bonds. The number of pyridine rings is 1. The van der Waals surface area contributed by atoms with Crippen molar-refractivity contribution in [2.75, 3.05) is 7.11 Å². The van der Waals surface area contributed by atoms with Crippen molar-refractivity contribution in [1.29, 1.82) is 5.26 Å². The molecular formula is C19H19N3O2. The van der Waals surface area contributed by atoms with E-state index in [1.807, 2.05) is 13.8 Å². The third-order valence-electron chi connectivity index (χ3n) is 3.65. The summed E-state index contributed by atoms with van der Waals surface area (Å²) in [6.45, 7) is 4.19. The predicted octanol–water partition coefficient (Wildman–Crippen LogP) is 2.91. The molecule has 24 heavy (non-hydrogen) atoms. The summed E-state index contributed by atoms with van der Waals surface area (Å²) in [6.07, 6.45) is 4.90. The molecule has 0 saturated heterocycles. The zero-order chi connectivity index (χ0) is 17.5. The molecule has 0 unspecified atom stereocenters. The van der Waals surface area contributed by atoms with Crippen LogP contribution in [0, 0.1) is 25.2 Å². The fraction of sp³-hybridized carbons (Fsp3) is 0.211. The van der Waals surface area contributed by atoms with Gasteiger partial charge in [0.1, 0.15) is 5.75 Å². The molecule has 1 aromatic carbocycles. The molecule has 5 nitrogen and oxygen atoms in total. The molecule has 5 heteroatoms. The van der Waals surface area contributed by atoms with E-state index in [9.17, 15) is 4.79 Å². The third kappa shape index (κ3) is 4.20. The van der Waals surface area contributed by atoms with Crippen LogP contribution in [0.4, 0.5) is 0 Å². The Bertz CT molecular complexity index is 803. The number of carbonyl (C=O) groups excluding carboxylic acids is 1. The van der Waals surface area contributed by atoms with Gasteiger partial charge in [0.25, 0.3) is 0 Å². The van der Waals surface area contributed by atoms with Gasteiger partial charge in [0, 0.05) is 23.4 Å². The Morgan fingerprint density at radius 3 is 2.67 bits per heavy atom. The minimum Gasteiger partial charge on any atom is -0.496 e. The van der Waals surface area contributed by atoms with Crippen LogP contribution in [0.1, 0.15) is 27.9 Å². The number of benzene rings is 1. The van der Waals surface area contributed by atoms with Gasteiger partial charge in [-0.25, -0.2) is 0 Å². The molecule has 2 aromatic rings. The standard InChI is InChI=1S/C19H19N3O2/c1-13-11-21-17(14(2)19(13)24-3)12-22-18(23)9-8-15-4-6-16(10-20)7-5-15/h4-9,11H,12H2,1-3H3,(H,22,23)/b9-8-. The normalized spacial score (nSPS) is 10.4. The largest absolute Gasteiger partial charge is 0.496 e. The summed E-state index contributed by atoms with van der Waals surface area (Å²) < 4.78 is 5.36. The van der Waals surface area contributed by atoms with Crippen LogP contribution in [-0.4, -0.2) is 18.0 Å². The van der Waals surface area contributed by atoms with Gasteiger partial charge < -0.3 is 10.1 Å². The van der Waals surface area contributed by atoms with E-state index in [0.717, 1.165) is 28.1 Å². The first-order chi connectivity index (χ1) is 11.5. The second-order valence-electron chi connectivity index (χ2n) is 5.33. The van der Waals surface area contributed by atoms with Crippen molar-refractivity contribution in [2.24, 2.45) is 0 Å². The Morgan fingerprint density at radius 1 is 1.33 bits per heavy atom. The number of nitrogens with zero attached hydrogens (tertiary/aromatic N) is 2. The van der Waals surface area contributed by atoms with E-state index in [2.05, 4.69) is 16.4 Å². The fourth-order valence-corrected chi connectivity index (χ4v) is 2.32. The summed E-state index contributed by atoms with van der Waals surface area (Å²) in [7, 11) is 1.62. The lowest BCUT2D eigenvalue weighted by Gasteiger charge is -2.12. The zero-order valence-corrected chi connectivity index (χ0v) is 14.0. The van der Waals surface area contributed by atoms with Crippen molar-refractivity contribution in [3.05, 3.63) is 64.5 Å².